The number of aliphatic hydroxyl groups is 2. The summed E-state index contributed by atoms with van der Waals surface area (Å²) < 4.78 is 55.3. The summed E-state index contributed by atoms with van der Waals surface area (Å²) in [4.78, 5) is 53.4. The number of hydrogen-bond acceptors (Lipinski definition) is 18. The Morgan fingerprint density at radius 2 is 1.30 bits per heavy atom. The summed E-state index contributed by atoms with van der Waals surface area (Å²) in [6, 6.07) is 5.64. The molecule has 378 valence electrons. The fourth-order valence-corrected chi connectivity index (χ4v) is 10.8. The number of ketones is 3. The Hall–Kier alpha value is -3.83. The minimum absolute atomic E-state index is 0.0190. The summed E-state index contributed by atoms with van der Waals surface area (Å²) in [5, 5.41) is 54.8. The van der Waals surface area contributed by atoms with Gasteiger partial charge in [-0.25, -0.2) is 0 Å². The fourth-order valence-electron chi connectivity index (χ4n) is 10.3. The summed E-state index contributed by atoms with van der Waals surface area (Å²) in [5.41, 5.74) is -1.94. The monoisotopic (exact) mass is 984 g/mol. The molecule has 18 nitrogen and oxygen atoms in total. The quantitative estimate of drug-likeness (QED) is 0.133. The van der Waals surface area contributed by atoms with E-state index in [1.54, 1.807) is 33.8 Å². The van der Waals surface area contributed by atoms with E-state index in [1.165, 1.54) is 36.0 Å². The zero-order valence-corrected chi connectivity index (χ0v) is 40.7. The molecule has 0 amide bonds. The van der Waals surface area contributed by atoms with Crippen molar-refractivity contribution in [2.24, 2.45) is 0 Å². The number of fused-ring (bicyclic) bond motifs is 2. The third-order valence-corrected chi connectivity index (χ3v) is 14.9. The Labute approximate surface area is 404 Å². The maximum absolute atomic E-state index is 14.2. The first-order valence-electron chi connectivity index (χ1n) is 23.8. The van der Waals surface area contributed by atoms with Gasteiger partial charge in [-0.2, -0.15) is 0 Å². The minimum atomic E-state index is -1.43. The van der Waals surface area contributed by atoms with Crippen molar-refractivity contribution in [3.8, 4) is 11.5 Å². The van der Waals surface area contributed by atoms with Crippen LogP contribution in [-0.2, 0) is 58.6 Å². The lowest BCUT2D eigenvalue weighted by atomic mass is 9.79. The number of rotatable bonds is 14. The SMILES string of the molecule is CSC1=CC(=O)[C@H](C)O[C@H]1O[C@H]1CC[C@H](O[C@H]2[C@H](O)C[C@H](c3ccc4c(c3O)C(=O)c3ccc(C[C@](C)(CC(=O)O)O[C@H]5CC[C@H](O[C@H]6CC[C@H](O)[C@H](C)O6)[C@H](C)O5)c(O)c3C4=O)O[C@@H]2C)O[C@H]1C. The molecule has 1 aliphatic carbocycles. The van der Waals surface area contributed by atoms with Crippen molar-refractivity contribution < 1.29 is 87.3 Å². The first-order chi connectivity index (χ1) is 32.7. The highest BCUT2D eigenvalue weighted by atomic mass is 32.2. The van der Waals surface area contributed by atoms with Crippen LogP contribution in [0.3, 0.4) is 0 Å². The largest absolute Gasteiger partial charge is 0.507 e. The van der Waals surface area contributed by atoms with E-state index in [9.17, 15) is 44.7 Å². The topological polar surface area (TPSA) is 252 Å². The molecule has 19 heteroatoms. The number of phenols is 2. The minimum Gasteiger partial charge on any atom is -0.507 e. The smallest absolute Gasteiger partial charge is 0.306 e. The van der Waals surface area contributed by atoms with Crippen LogP contribution in [-0.4, -0.2) is 147 Å². The highest BCUT2D eigenvalue weighted by Gasteiger charge is 2.45. The predicted molar refractivity (Wildman–Crippen MR) is 245 cm³/mol. The number of carboxylic acid groups (broad SMARTS) is 1. The number of aromatic hydroxyl groups is 2. The van der Waals surface area contributed by atoms with E-state index < -0.39 is 115 Å². The molecule has 0 radical (unpaired) electrons. The van der Waals surface area contributed by atoms with Gasteiger partial charge < -0.3 is 68.2 Å². The van der Waals surface area contributed by atoms with Crippen LogP contribution < -0.4 is 0 Å². The Morgan fingerprint density at radius 3 is 1.94 bits per heavy atom. The third kappa shape index (κ3) is 11.0. The lowest BCUT2D eigenvalue weighted by Crippen LogP contribution is -2.50. The second-order valence-electron chi connectivity index (χ2n) is 19.4. The zero-order valence-electron chi connectivity index (χ0n) is 39.9. The molecular formula is C50H64O18S. The van der Waals surface area contributed by atoms with Crippen LogP contribution in [0.4, 0.5) is 0 Å². The zero-order chi connectivity index (χ0) is 49.6. The first-order valence-corrected chi connectivity index (χ1v) is 25.1. The molecule has 0 spiro atoms. The Bertz CT molecular complexity index is 2290. The average molecular weight is 985 g/mol. The number of hydrogen-bond donors (Lipinski definition) is 5. The van der Waals surface area contributed by atoms with E-state index in [0.29, 0.717) is 43.4 Å². The number of benzene rings is 2. The molecule has 5 aliphatic heterocycles. The van der Waals surface area contributed by atoms with E-state index in [1.807, 2.05) is 20.1 Å². The van der Waals surface area contributed by atoms with Gasteiger partial charge in [0.25, 0.3) is 0 Å². The summed E-state index contributed by atoms with van der Waals surface area (Å²) in [7, 11) is 0. The molecule has 4 fully saturated rings. The van der Waals surface area contributed by atoms with Gasteiger partial charge in [0, 0.05) is 53.7 Å². The highest BCUT2D eigenvalue weighted by molar-refractivity contribution is 8.02. The second kappa shape index (κ2) is 21.1. The van der Waals surface area contributed by atoms with Crippen LogP contribution in [0.2, 0.25) is 0 Å². The molecule has 5 heterocycles. The number of carboxylic acids is 1. The van der Waals surface area contributed by atoms with Crippen LogP contribution in [0.15, 0.2) is 35.2 Å². The maximum atomic E-state index is 14.2. The maximum Gasteiger partial charge on any atom is 0.306 e. The summed E-state index contributed by atoms with van der Waals surface area (Å²) in [6.07, 6.45) is -3.50. The Balaban J connectivity index is 0.902. The van der Waals surface area contributed by atoms with Gasteiger partial charge in [-0.15, -0.1) is 11.8 Å². The van der Waals surface area contributed by atoms with Crippen molar-refractivity contribution >= 4 is 35.1 Å². The van der Waals surface area contributed by atoms with E-state index in [-0.39, 0.29) is 70.3 Å². The molecule has 69 heavy (non-hydrogen) atoms. The average Bonchev–Trinajstić information content (AvgIpc) is 3.28. The lowest BCUT2D eigenvalue weighted by molar-refractivity contribution is -0.295. The van der Waals surface area contributed by atoms with Crippen molar-refractivity contribution in [1.29, 1.82) is 0 Å². The van der Waals surface area contributed by atoms with Crippen LogP contribution >= 0.6 is 11.8 Å². The van der Waals surface area contributed by atoms with Gasteiger partial charge >= 0.3 is 5.97 Å². The molecule has 6 aliphatic rings. The fraction of sp³-hybridized carbons (Fsp3) is 0.640. The molecule has 2 aromatic rings. The number of thioether (sulfide) groups is 1. The standard InChI is InChI=1S/C50H64O18S/c1-22-31(51)12-15-39(61-22)65-34-14-17-41(63-24(34)3)68-50(6,21-38(54)55)20-27-8-9-29-42(44(27)56)46(58)30-11-10-28(45(57)43(30)47(29)59)36-18-33(53)48(26(5)60-36)67-40-16-13-35(25(4)62-40)66-49-37(69-7)19-32(52)23(2)64-49/h8-11,19,22-26,31,33-36,39-41,48-49,51,53,56-57H,12-18,20-21H2,1-7H3,(H,54,55)/t22-,23-,24-,25-,26+,31-,33+,34-,35-,36+,39-,40-,41-,48+,49-,50+/m0/s1. The van der Waals surface area contributed by atoms with Gasteiger partial charge in [0.15, 0.2) is 42.5 Å². The van der Waals surface area contributed by atoms with E-state index in [0.717, 1.165) is 0 Å². The number of phenolic OH excluding ortho intramolecular Hbond substituents is 2. The molecule has 2 aromatic carbocycles. The van der Waals surface area contributed by atoms with Gasteiger partial charge in [0.05, 0.1) is 78.1 Å². The number of carbonyl (C=O) groups excluding carboxylic acids is 3. The molecule has 0 aromatic heterocycles. The Kier molecular flexibility index (Phi) is 15.8. The molecule has 0 bridgehead atoms. The van der Waals surface area contributed by atoms with Crippen LogP contribution in [0, 0.1) is 0 Å². The van der Waals surface area contributed by atoms with Crippen molar-refractivity contribution in [3.05, 3.63) is 68.6 Å². The Morgan fingerprint density at radius 1 is 0.710 bits per heavy atom. The van der Waals surface area contributed by atoms with E-state index in [2.05, 4.69) is 0 Å². The normalized spacial score (nSPS) is 36.0. The van der Waals surface area contributed by atoms with Gasteiger partial charge in [0.2, 0.25) is 0 Å². The molecule has 0 saturated carbocycles. The van der Waals surface area contributed by atoms with E-state index in [4.69, 9.17) is 42.6 Å². The lowest BCUT2D eigenvalue weighted by Gasteiger charge is -2.42. The van der Waals surface area contributed by atoms with Crippen LogP contribution in [0.5, 0.6) is 11.5 Å². The van der Waals surface area contributed by atoms with Crippen molar-refractivity contribution in [2.75, 3.05) is 6.26 Å². The number of aliphatic carboxylic acids is 1. The first kappa shape index (κ1) is 51.5. The molecule has 5 N–H and O–H groups in total. The number of aliphatic hydroxyl groups excluding tert-OH is 2. The van der Waals surface area contributed by atoms with Gasteiger partial charge in [-0.1, -0.05) is 12.1 Å². The summed E-state index contributed by atoms with van der Waals surface area (Å²) >= 11 is 1.39. The molecule has 0 unspecified atom stereocenters. The van der Waals surface area contributed by atoms with Crippen molar-refractivity contribution in [1.82, 2.24) is 0 Å². The second-order valence-corrected chi connectivity index (χ2v) is 20.2. The van der Waals surface area contributed by atoms with Gasteiger partial charge in [0.1, 0.15) is 23.7 Å². The van der Waals surface area contributed by atoms with Crippen LogP contribution in [0.1, 0.15) is 142 Å². The number of carbonyl (C=O) groups is 4. The van der Waals surface area contributed by atoms with E-state index >= 15 is 0 Å². The third-order valence-electron chi connectivity index (χ3n) is 14.1. The highest BCUT2D eigenvalue weighted by Crippen LogP contribution is 2.45. The molecule has 4 saturated heterocycles. The molecule has 16 atom stereocenters. The van der Waals surface area contributed by atoms with Gasteiger partial charge in [-0.05, 0) is 90.8 Å². The summed E-state index contributed by atoms with van der Waals surface area (Å²) in [6.45, 7) is 10.5. The van der Waals surface area contributed by atoms with Gasteiger partial charge in [-0.3, -0.25) is 19.2 Å². The molecule has 8 rings (SSSR count). The summed E-state index contributed by atoms with van der Waals surface area (Å²) in [5.74, 6) is -3.72. The number of ether oxygens (including phenoxy) is 9. The van der Waals surface area contributed by atoms with Crippen molar-refractivity contribution in [3.63, 3.8) is 0 Å². The van der Waals surface area contributed by atoms with Crippen molar-refractivity contribution in [2.45, 2.75) is 197 Å². The predicted octanol–water partition coefficient (Wildman–Crippen LogP) is 5.53. The molecular weight excluding hydrogens is 921 g/mol. The van der Waals surface area contributed by atoms with Crippen LogP contribution in [0.25, 0.3) is 0 Å².